The first-order valence-corrected chi connectivity index (χ1v) is 9.00. The molecule has 2 heterocycles. The summed E-state index contributed by atoms with van der Waals surface area (Å²) in [5.41, 5.74) is 4.35. The van der Waals surface area contributed by atoms with Crippen LogP contribution in [0.3, 0.4) is 0 Å². The predicted octanol–water partition coefficient (Wildman–Crippen LogP) is 2.87. The van der Waals surface area contributed by atoms with E-state index in [1.807, 2.05) is 11.8 Å². The molecule has 0 aliphatic carbocycles. The molecule has 1 aromatic heterocycles. The van der Waals surface area contributed by atoms with Crippen molar-refractivity contribution in [1.82, 2.24) is 19.8 Å². The van der Waals surface area contributed by atoms with Gasteiger partial charge in [-0.1, -0.05) is 29.8 Å². The number of benzene rings is 1. The van der Waals surface area contributed by atoms with Gasteiger partial charge in [-0.25, -0.2) is 14.8 Å². The zero-order valence-electron chi connectivity index (χ0n) is 16.3. The van der Waals surface area contributed by atoms with Crippen molar-refractivity contribution in [3.05, 3.63) is 41.1 Å². The lowest BCUT2D eigenvalue weighted by Gasteiger charge is -2.37. The summed E-state index contributed by atoms with van der Waals surface area (Å²) >= 11 is 0. The molecule has 0 radical (unpaired) electrons. The zero-order chi connectivity index (χ0) is 18.8. The predicted molar refractivity (Wildman–Crippen MR) is 105 cm³/mol. The second kappa shape index (κ2) is 7.32. The van der Waals surface area contributed by atoms with E-state index >= 15 is 0 Å². The van der Waals surface area contributed by atoms with Gasteiger partial charge in [-0.2, -0.15) is 0 Å². The molecule has 0 atom stereocenters. The third kappa shape index (κ3) is 3.64. The lowest BCUT2D eigenvalue weighted by Crippen LogP contribution is -2.51. The van der Waals surface area contributed by atoms with E-state index in [1.165, 1.54) is 5.56 Å². The summed E-state index contributed by atoms with van der Waals surface area (Å²) < 4.78 is 0. The normalized spacial score (nSPS) is 14.5. The number of urea groups is 1. The summed E-state index contributed by atoms with van der Waals surface area (Å²) in [7, 11) is 3.58. The molecule has 1 aliphatic rings. The molecule has 6 nitrogen and oxygen atoms in total. The molecule has 138 valence electrons. The van der Waals surface area contributed by atoms with Crippen LogP contribution in [0, 0.1) is 20.8 Å². The lowest BCUT2D eigenvalue weighted by molar-refractivity contribution is 0.168. The number of amides is 2. The highest BCUT2D eigenvalue weighted by Gasteiger charge is 2.24. The Morgan fingerprint density at radius 2 is 1.58 bits per heavy atom. The molecule has 1 fully saturated rings. The van der Waals surface area contributed by atoms with Crippen LogP contribution in [0.2, 0.25) is 0 Å². The van der Waals surface area contributed by atoms with Gasteiger partial charge in [-0.15, -0.1) is 0 Å². The zero-order valence-corrected chi connectivity index (χ0v) is 16.3. The molecule has 0 spiro atoms. The van der Waals surface area contributed by atoms with Crippen molar-refractivity contribution in [1.29, 1.82) is 0 Å². The lowest BCUT2D eigenvalue weighted by atomic mass is 10.1. The monoisotopic (exact) mass is 353 g/mol. The summed E-state index contributed by atoms with van der Waals surface area (Å²) in [4.78, 5) is 27.5. The minimum atomic E-state index is 0.0700. The Balaban J connectivity index is 1.84. The van der Waals surface area contributed by atoms with Crippen LogP contribution in [0.5, 0.6) is 0 Å². The number of anilines is 1. The molecular weight excluding hydrogens is 326 g/mol. The molecule has 1 saturated heterocycles. The van der Waals surface area contributed by atoms with Crippen LogP contribution in [-0.4, -0.2) is 66.1 Å². The smallest absolute Gasteiger partial charge is 0.319 e. The largest absolute Gasteiger partial charge is 0.353 e. The van der Waals surface area contributed by atoms with Gasteiger partial charge in [0.15, 0.2) is 5.82 Å². The summed E-state index contributed by atoms with van der Waals surface area (Å²) in [6.07, 6.45) is 0. The summed E-state index contributed by atoms with van der Waals surface area (Å²) in [5.74, 6) is 1.74. The second-order valence-corrected chi connectivity index (χ2v) is 7.10. The highest BCUT2D eigenvalue weighted by Crippen LogP contribution is 2.25. The van der Waals surface area contributed by atoms with E-state index in [4.69, 9.17) is 4.98 Å². The van der Waals surface area contributed by atoms with Crippen LogP contribution < -0.4 is 4.90 Å². The number of hydrogen-bond acceptors (Lipinski definition) is 4. The van der Waals surface area contributed by atoms with Crippen molar-refractivity contribution < 1.29 is 4.79 Å². The van der Waals surface area contributed by atoms with Crippen LogP contribution in [0.4, 0.5) is 10.6 Å². The average Bonchev–Trinajstić information content (AvgIpc) is 2.64. The van der Waals surface area contributed by atoms with Crippen LogP contribution >= 0.6 is 0 Å². The van der Waals surface area contributed by atoms with Crippen LogP contribution in [-0.2, 0) is 0 Å². The first-order chi connectivity index (χ1) is 12.4. The minimum Gasteiger partial charge on any atom is -0.353 e. The number of aryl methyl sites for hydroxylation is 2. The molecule has 1 aromatic carbocycles. The SMILES string of the molecule is Cc1ccc(-c2nc(C)c(C)c(N3CCN(C(=O)N(C)C)CC3)n2)cc1. The maximum absolute atomic E-state index is 12.1. The molecule has 0 N–H and O–H groups in total. The fourth-order valence-electron chi connectivity index (χ4n) is 3.15. The van der Waals surface area contributed by atoms with Gasteiger partial charge in [0.2, 0.25) is 0 Å². The van der Waals surface area contributed by atoms with Gasteiger partial charge in [0.05, 0.1) is 0 Å². The molecular formula is C20H27N5O. The van der Waals surface area contributed by atoms with E-state index in [0.29, 0.717) is 13.1 Å². The topological polar surface area (TPSA) is 52.6 Å². The summed E-state index contributed by atoms with van der Waals surface area (Å²) in [6.45, 7) is 9.16. The molecule has 0 saturated carbocycles. The Hall–Kier alpha value is -2.63. The fraction of sp³-hybridized carbons (Fsp3) is 0.450. The van der Waals surface area contributed by atoms with Crippen molar-refractivity contribution in [3.8, 4) is 11.4 Å². The van der Waals surface area contributed by atoms with Gasteiger partial charge in [0.1, 0.15) is 5.82 Å². The molecule has 2 aromatic rings. The van der Waals surface area contributed by atoms with Gasteiger partial charge in [0, 0.05) is 57.1 Å². The third-order valence-electron chi connectivity index (χ3n) is 4.91. The van der Waals surface area contributed by atoms with Crippen LogP contribution in [0.25, 0.3) is 11.4 Å². The van der Waals surface area contributed by atoms with Gasteiger partial charge in [-0.3, -0.25) is 0 Å². The molecule has 0 bridgehead atoms. The average molecular weight is 353 g/mol. The molecule has 0 unspecified atom stereocenters. The minimum absolute atomic E-state index is 0.0700. The molecule has 2 amide bonds. The molecule has 3 rings (SSSR count). The van der Waals surface area contributed by atoms with Crippen molar-refractivity contribution in [2.75, 3.05) is 45.2 Å². The fourth-order valence-corrected chi connectivity index (χ4v) is 3.15. The summed E-state index contributed by atoms with van der Waals surface area (Å²) in [5, 5.41) is 0. The van der Waals surface area contributed by atoms with E-state index in [2.05, 4.69) is 48.0 Å². The number of nitrogens with zero attached hydrogens (tertiary/aromatic N) is 5. The second-order valence-electron chi connectivity index (χ2n) is 7.10. The van der Waals surface area contributed by atoms with E-state index in [0.717, 1.165) is 41.6 Å². The number of piperazine rings is 1. The van der Waals surface area contributed by atoms with E-state index < -0.39 is 0 Å². The Bertz CT molecular complexity index is 793. The first kappa shape index (κ1) is 18.2. The van der Waals surface area contributed by atoms with Crippen molar-refractivity contribution in [2.45, 2.75) is 20.8 Å². The Labute approximate surface area is 155 Å². The Morgan fingerprint density at radius 1 is 0.962 bits per heavy atom. The highest BCUT2D eigenvalue weighted by molar-refractivity contribution is 5.74. The van der Waals surface area contributed by atoms with E-state index in [1.54, 1.807) is 19.0 Å². The quantitative estimate of drug-likeness (QED) is 0.833. The van der Waals surface area contributed by atoms with Crippen molar-refractivity contribution >= 4 is 11.8 Å². The molecule has 6 heteroatoms. The number of aromatic nitrogens is 2. The van der Waals surface area contributed by atoms with Crippen molar-refractivity contribution in [2.24, 2.45) is 0 Å². The molecule has 1 aliphatic heterocycles. The Morgan fingerprint density at radius 3 is 2.15 bits per heavy atom. The Kier molecular flexibility index (Phi) is 5.11. The van der Waals surface area contributed by atoms with Gasteiger partial charge >= 0.3 is 6.03 Å². The maximum atomic E-state index is 12.1. The van der Waals surface area contributed by atoms with Gasteiger partial charge < -0.3 is 14.7 Å². The van der Waals surface area contributed by atoms with Gasteiger partial charge in [-0.05, 0) is 20.8 Å². The van der Waals surface area contributed by atoms with Crippen LogP contribution in [0.15, 0.2) is 24.3 Å². The number of hydrogen-bond donors (Lipinski definition) is 0. The number of carbonyl (C=O) groups excluding carboxylic acids is 1. The van der Waals surface area contributed by atoms with Crippen molar-refractivity contribution in [3.63, 3.8) is 0 Å². The van der Waals surface area contributed by atoms with E-state index in [-0.39, 0.29) is 6.03 Å². The van der Waals surface area contributed by atoms with E-state index in [9.17, 15) is 4.79 Å². The highest BCUT2D eigenvalue weighted by atomic mass is 16.2. The first-order valence-electron chi connectivity index (χ1n) is 9.00. The standard InChI is InChI=1S/C20H27N5O/c1-14-6-8-17(9-7-14)18-21-16(3)15(2)19(22-18)24-10-12-25(13-11-24)20(26)23(4)5/h6-9H,10-13H2,1-5H3. The molecule has 26 heavy (non-hydrogen) atoms. The van der Waals surface area contributed by atoms with Gasteiger partial charge in [0.25, 0.3) is 0 Å². The summed E-state index contributed by atoms with van der Waals surface area (Å²) in [6, 6.07) is 8.37. The maximum Gasteiger partial charge on any atom is 0.319 e. The third-order valence-corrected chi connectivity index (χ3v) is 4.91. The van der Waals surface area contributed by atoms with Crippen LogP contribution in [0.1, 0.15) is 16.8 Å². The number of rotatable bonds is 2. The number of carbonyl (C=O) groups is 1.